The molecule has 0 aromatic heterocycles. The first-order valence-electron chi connectivity index (χ1n) is 8.20. The first-order valence-corrected chi connectivity index (χ1v) is 8.20. The predicted octanol–water partition coefficient (Wildman–Crippen LogP) is 4.22. The molecule has 1 aromatic carbocycles. The van der Waals surface area contributed by atoms with Gasteiger partial charge in [0.25, 0.3) is 0 Å². The third-order valence-electron chi connectivity index (χ3n) is 5.05. The first kappa shape index (κ1) is 13.7. The summed E-state index contributed by atoms with van der Waals surface area (Å²) in [7, 11) is 0. The van der Waals surface area contributed by atoms with Gasteiger partial charge in [0.15, 0.2) is 0 Å². The van der Waals surface area contributed by atoms with Crippen LogP contribution < -0.4 is 5.32 Å². The van der Waals surface area contributed by atoms with Crippen molar-refractivity contribution in [2.75, 3.05) is 0 Å². The third-order valence-corrected chi connectivity index (χ3v) is 5.05. The van der Waals surface area contributed by atoms with Crippen molar-refractivity contribution in [2.45, 2.75) is 57.4 Å². The SMILES string of the molecule is O=C(N[C@H](c1ccccc1)C1CCCCC1)C1CCC1. The fourth-order valence-electron chi connectivity index (χ4n) is 3.54. The van der Waals surface area contributed by atoms with E-state index >= 15 is 0 Å². The van der Waals surface area contributed by atoms with Gasteiger partial charge >= 0.3 is 0 Å². The Labute approximate surface area is 122 Å². The Morgan fingerprint density at radius 2 is 1.65 bits per heavy atom. The zero-order valence-corrected chi connectivity index (χ0v) is 12.2. The Bertz CT molecular complexity index is 432. The van der Waals surface area contributed by atoms with E-state index in [0.29, 0.717) is 5.92 Å². The summed E-state index contributed by atoms with van der Waals surface area (Å²) in [6.07, 6.45) is 9.87. The molecule has 0 heterocycles. The summed E-state index contributed by atoms with van der Waals surface area (Å²) in [6, 6.07) is 10.8. The monoisotopic (exact) mass is 271 g/mol. The Balaban J connectivity index is 1.73. The first-order chi connectivity index (χ1) is 9.84. The normalized spacial score (nSPS) is 22.0. The highest BCUT2D eigenvalue weighted by Gasteiger charge is 2.31. The molecule has 2 nitrogen and oxygen atoms in total. The molecule has 1 N–H and O–H groups in total. The van der Waals surface area contributed by atoms with Crippen LogP contribution in [0.2, 0.25) is 0 Å². The highest BCUT2D eigenvalue weighted by Crippen LogP contribution is 2.35. The molecule has 0 unspecified atom stereocenters. The van der Waals surface area contributed by atoms with Gasteiger partial charge in [-0.05, 0) is 37.2 Å². The summed E-state index contributed by atoms with van der Waals surface area (Å²) in [5.41, 5.74) is 1.28. The maximum absolute atomic E-state index is 12.3. The second-order valence-corrected chi connectivity index (χ2v) is 6.42. The summed E-state index contributed by atoms with van der Waals surface area (Å²) >= 11 is 0. The van der Waals surface area contributed by atoms with Gasteiger partial charge in [-0.25, -0.2) is 0 Å². The lowest BCUT2D eigenvalue weighted by Gasteiger charge is -2.34. The van der Waals surface area contributed by atoms with Gasteiger partial charge in [-0.1, -0.05) is 56.0 Å². The molecule has 108 valence electrons. The van der Waals surface area contributed by atoms with Crippen LogP contribution in [0.3, 0.4) is 0 Å². The van der Waals surface area contributed by atoms with Crippen molar-refractivity contribution in [1.82, 2.24) is 5.32 Å². The molecule has 2 heteroatoms. The van der Waals surface area contributed by atoms with Gasteiger partial charge in [0.05, 0.1) is 6.04 Å². The van der Waals surface area contributed by atoms with Crippen molar-refractivity contribution in [3.05, 3.63) is 35.9 Å². The van der Waals surface area contributed by atoms with Gasteiger partial charge in [-0.2, -0.15) is 0 Å². The van der Waals surface area contributed by atoms with E-state index in [-0.39, 0.29) is 17.9 Å². The minimum Gasteiger partial charge on any atom is -0.349 e. The topological polar surface area (TPSA) is 29.1 Å². The van der Waals surface area contributed by atoms with Crippen LogP contribution in [0, 0.1) is 11.8 Å². The van der Waals surface area contributed by atoms with Crippen molar-refractivity contribution >= 4 is 5.91 Å². The van der Waals surface area contributed by atoms with Gasteiger partial charge < -0.3 is 5.32 Å². The fraction of sp³-hybridized carbons (Fsp3) is 0.611. The molecule has 0 aliphatic heterocycles. The van der Waals surface area contributed by atoms with E-state index in [2.05, 4.69) is 35.6 Å². The second kappa shape index (κ2) is 6.43. The van der Waals surface area contributed by atoms with Gasteiger partial charge in [0, 0.05) is 5.92 Å². The van der Waals surface area contributed by atoms with Crippen LogP contribution in [0.15, 0.2) is 30.3 Å². The minimum absolute atomic E-state index is 0.226. The number of benzene rings is 1. The lowest BCUT2D eigenvalue weighted by Crippen LogP contribution is -2.40. The van der Waals surface area contributed by atoms with Crippen molar-refractivity contribution in [3.63, 3.8) is 0 Å². The number of rotatable bonds is 4. The number of hydrogen-bond acceptors (Lipinski definition) is 1. The zero-order valence-electron chi connectivity index (χ0n) is 12.2. The predicted molar refractivity (Wildman–Crippen MR) is 81.2 cm³/mol. The van der Waals surface area contributed by atoms with Gasteiger partial charge in [0.1, 0.15) is 0 Å². The standard InChI is InChI=1S/C18H25NO/c20-18(16-12-7-13-16)19-17(14-8-3-1-4-9-14)15-10-5-2-6-11-15/h1,3-4,8-9,15-17H,2,5-7,10-13H2,(H,19,20)/t17-/m1/s1. The van der Waals surface area contributed by atoms with Crippen molar-refractivity contribution in [3.8, 4) is 0 Å². The van der Waals surface area contributed by atoms with E-state index in [1.165, 1.54) is 44.1 Å². The largest absolute Gasteiger partial charge is 0.349 e. The van der Waals surface area contributed by atoms with E-state index in [1.807, 2.05) is 0 Å². The molecule has 2 fully saturated rings. The second-order valence-electron chi connectivity index (χ2n) is 6.42. The van der Waals surface area contributed by atoms with Gasteiger partial charge in [-0.3, -0.25) is 4.79 Å². The lowest BCUT2D eigenvalue weighted by molar-refractivity contribution is -0.128. The van der Waals surface area contributed by atoms with E-state index in [9.17, 15) is 4.79 Å². The molecule has 2 saturated carbocycles. The number of nitrogens with one attached hydrogen (secondary N) is 1. The maximum Gasteiger partial charge on any atom is 0.223 e. The van der Waals surface area contributed by atoms with E-state index in [1.54, 1.807) is 0 Å². The molecule has 0 radical (unpaired) electrons. The van der Waals surface area contributed by atoms with Crippen LogP contribution in [0.5, 0.6) is 0 Å². The van der Waals surface area contributed by atoms with E-state index in [4.69, 9.17) is 0 Å². The summed E-state index contributed by atoms with van der Waals surface area (Å²) < 4.78 is 0. The minimum atomic E-state index is 0.226. The molecule has 3 rings (SSSR count). The van der Waals surface area contributed by atoms with Crippen LogP contribution in [0.4, 0.5) is 0 Å². The molecule has 2 aliphatic rings. The lowest BCUT2D eigenvalue weighted by atomic mass is 9.79. The van der Waals surface area contributed by atoms with Crippen LogP contribution in [-0.2, 0) is 4.79 Å². The molecule has 1 atom stereocenters. The number of carbonyl (C=O) groups excluding carboxylic acids is 1. The van der Waals surface area contributed by atoms with Crippen LogP contribution in [-0.4, -0.2) is 5.91 Å². The average molecular weight is 271 g/mol. The molecule has 1 amide bonds. The summed E-state index contributed by atoms with van der Waals surface area (Å²) in [5.74, 6) is 1.19. The van der Waals surface area contributed by atoms with Crippen LogP contribution in [0.25, 0.3) is 0 Å². The molecular weight excluding hydrogens is 246 g/mol. The Morgan fingerprint density at radius 3 is 2.25 bits per heavy atom. The van der Waals surface area contributed by atoms with Crippen LogP contribution >= 0.6 is 0 Å². The van der Waals surface area contributed by atoms with Crippen molar-refractivity contribution in [1.29, 1.82) is 0 Å². The highest BCUT2D eigenvalue weighted by atomic mass is 16.2. The Hall–Kier alpha value is -1.31. The highest BCUT2D eigenvalue weighted by molar-refractivity contribution is 5.79. The summed E-state index contributed by atoms with van der Waals surface area (Å²) in [4.78, 5) is 12.3. The molecule has 1 aromatic rings. The van der Waals surface area contributed by atoms with Crippen molar-refractivity contribution in [2.24, 2.45) is 11.8 Å². The Kier molecular flexibility index (Phi) is 4.39. The molecular formula is C18H25NO. The molecule has 20 heavy (non-hydrogen) atoms. The molecule has 0 bridgehead atoms. The quantitative estimate of drug-likeness (QED) is 0.872. The molecule has 2 aliphatic carbocycles. The summed E-state index contributed by atoms with van der Waals surface area (Å²) in [5, 5.41) is 3.37. The van der Waals surface area contributed by atoms with Crippen molar-refractivity contribution < 1.29 is 4.79 Å². The number of hydrogen-bond donors (Lipinski definition) is 1. The smallest absolute Gasteiger partial charge is 0.223 e. The van der Waals surface area contributed by atoms with E-state index in [0.717, 1.165) is 12.8 Å². The van der Waals surface area contributed by atoms with Crippen LogP contribution in [0.1, 0.15) is 63.0 Å². The van der Waals surface area contributed by atoms with Gasteiger partial charge in [-0.15, -0.1) is 0 Å². The number of carbonyl (C=O) groups is 1. The zero-order chi connectivity index (χ0) is 13.8. The Morgan fingerprint density at radius 1 is 0.950 bits per heavy atom. The molecule has 0 spiro atoms. The third kappa shape index (κ3) is 3.05. The van der Waals surface area contributed by atoms with Gasteiger partial charge in [0.2, 0.25) is 5.91 Å². The fourth-order valence-corrected chi connectivity index (χ4v) is 3.54. The average Bonchev–Trinajstić information content (AvgIpc) is 2.45. The number of amides is 1. The van der Waals surface area contributed by atoms with E-state index < -0.39 is 0 Å². The summed E-state index contributed by atoms with van der Waals surface area (Å²) in [6.45, 7) is 0. The maximum atomic E-state index is 12.3. The molecule has 0 saturated heterocycles.